The second-order valence-electron chi connectivity index (χ2n) is 5.20. The van der Waals surface area contributed by atoms with Crippen LogP contribution in [0.5, 0.6) is 5.88 Å². The number of methoxy groups -OCH3 is 1. The standard InChI is InChI=1S/C13H26N4OS/c1-10(7-8-16(2)3)14-9-11-12(18-6)15-13(19-11)17(4)5/h10,14H,7-9H2,1-6H3. The number of hydrogen-bond acceptors (Lipinski definition) is 6. The highest BCUT2D eigenvalue weighted by molar-refractivity contribution is 7.15. The molecule has 1 aromatic rings. The van der Waals surface area contributed by atoms with Crippen LogP contribution >= 0.6 is 11.3 Å². The van der Waals surface area contributed by atoms with Crippen LogP contribution < -0.4 is 15.0 Å². The maximum absolute atomic E-state index is 5.33. The van der Waals surface area contributed by atoms with E-state index in [-0.39, 0.29) is 0 Å². The number of ether oxygens (including phenoxy) is 1. The molecule has 1 heterocycles. The number of rotatable bonds is 8. The van der Waals surface area contributed by atoms with E-state index in [1.165, 1.54) is 0 Å². The third kappa shape index (κ3) is 5.34. The van der Waals surface area contributed by atoms with Gasteiger partial charge in [-0.3, -0.25) is 0 Å². The smallest absolute Gasteiger partial charge is 0.230 e. The van der Waals surface area contributed by atoms with E-state index in [2.05, 4.69) is 36.2 Å². The van der Waals surface area contributed by atoms with Crippen molar-refractivity contribution in [2.24, 2.45) is 0 Å². The van der Waals surface area contributed by atoms with Gasteiger partial charge in [0.15, 0.2) is 5.13 Å². The number of thiazole rings is 1. The van der Waals surface area contributed by atoms with Gasteiger partial charge in [0.1, 0.15) is 0 Å². The molecule has 6 heteroatoms. The lowest BCUT2D eigenvalue weighted by molar-refractivity contribution is 0.362. The summed E-state index contributed by atoms with van der Waals surface area (Å²) in [7, 11) is 9.86. The van der Waals surface area contributed by atoms with E-state index < -0.39 is 0 Å². The quantitative estimate of drug-likeness (QED) is 0.787. The third-order valence-corrected chi connectivity index (χ3v) is 4.05. The first-order valence-corrected chi connectivity index (χ1v) is 7.34. The zero-order chi connectivity index (χ0) is 14.4. The third-order valence-electron chi connectivity index (χ3n) is 2.85. The first-order chi connectivity index (χ1) is 8.93. The molecule has 110 valence electrons. The molecule has 1 rings (SSSR count). The molecular weight excluding hydrogens is 260 g/mol. The second-order valence-corrected chi connectivity index (χ2v) is 6.26. The van der Waals surface area contributed by atoms with Crippen LogP contribution in [0.15, 0.2) is 0 Å². The summed E-state index contributed by atoms with van der Waals surface area (Å²) in [6.07, 6.45) is 1.13. The zero-order valence-corrected chi connectivity index (χ0v) is 13.7. The van der Waals surface area contributed by atoms with Gasteiger partial charge < -0.3 is 19.9 Å². The highest BCUT2D eigenvalue weighted by Gasteiger charge is 2.13. The van der Waals surface area contributed by atoms with E-state index >= 15 is 0 Å². The number of nitrogens with zero attached hydrogens (tertiary/aromatic N) is 3. The van der Waals surface area contributed by atoms with Crippen LogP contribution in [-0.2, 0) is 6.54 Å². The molecule has 0 aliphatic carbocycles. The summed E-state index contributed by atoms with van der Waals surface area (Å²) in [5.74, 6) is 0.737. The Morgan fingerprint density at radius 3 is 2.53 bits per heavy atom. The van der Waals surface area contributed by atoms with Crippen molar-refractivity contribution in [1.29, 1.82) is 0 Å². The summed E-state index contributed by atoms with van der Waals surface area (Å²) in [6.45, 7) is 4.12. The van der Waals surface area contributed by atoms with Gasteiger partial charge in [0.25, 0.3) is 0 Å². The lowest BCUT2D eigenvalue weighted by atomic mass is 10.2. The van der Waals surface area contributed by atoms with Gasteiger partial charge in [-0.25, -0.2) is 0 Å². The van der Waals surface area contributed by atoms with Crippen molar-refractivity contribution in [3.8, 4) is 5.88 Å². The predicted molar refractivity (Wildman–Crippen MR) is 82.5 cm³/mol. The number of hydrogen-bond donors (Lipinski definition) is 1. The fraction of sp³-hybridized carbons (Fsp3) is 0.769. The minimum atomic E-state index is 0.483. The minimum Gasteiger partial charge on any atom is -0.480 e. The Bertz CT molecular complexity index is 379. The first kappa shape index (κ1) is 16.2. The van der Waals surface area contributed by atoms with Crippen LogP contribution in [0.25, 0.3) is 0 Å². The normalized spacial score (nSPS) is 12.8. The molecule has 0 aliphatic rings. The number of anilines is 1. The van der Waals surface area contributed by atoms with Crippen molar-refractivity contribution in [3.05, 3.63) is 4.88 Å². The lowest BCUT2D eigenvalue weighted by Crippen LogP contribution is -2.29. The van der Waals surface area contributed by atoms with Gasteiger partial charge in [0, 0.05) is 26.7 Å². The van der Waals surface area contributed by atoms with Gasteiger partial charge in [-0.2, -0.15) is 4.98 Å². The molecule has 0 bridgehead atoms. The fourth-order valence-corrected chi connectivity index (χ4v) is 2.51. The molecule has 0 spiro atoms. The van der Waals surface area contributed by atoms with E-state index in [1.54, 1.807) is 18.4 Å². The molecule has 0 aliphatic heterocycles. The Morgan fingerprint density at radius 1 is 1.32 bits per heavy atom. The Balaban J connectivity index is 2.52. The molecule has 0 radical (unpaired) electrons. The molecule has 19 heavy (non-hydrogen) atoms. The van der Waals surface area contributed by atoms with Gasteiger partial charge >= 0.3 is 0 Å². The highest BCUT2D eigenvalue weighted by atomic mass is 32.1. The van der Waals surface area contributed by atoms with Gasteiger partial charge in [-0.15, -0.1) is 0 Å². The van der Waals surface area contributed by atoms with E-state index in [4.69, 9.17) is 4.74 Å². The van der Waals surface area contributed by atoms with Crippen LogP contribution in [0.1, 0.15) is 18.2 Å². The molecular formula is C13H26N4OS. The van der Waals surface area contributed by atoms with Gasteiger partial charge in [0.2, 0.25) is 5.88 Å². The van der Waals surface area contributed by atoms with Crippen molar-refractivity contribution in [2.45, 2.75) is 25.9 Å². The zero-order valence-electron chi connectivity index (χ0n) is 12.9. The summed E-state index contributed by atoms with van der Waals surface area (Å²) in [6, 6.07) is 0.483. The minimum absolute atomic E-state index is 0.483. The summed E-state index contributed by atoms with van der Waals surface area (Å²) in [5, 5.41) is 4.51. The van der Waals surface area contributed by atoms with E-state index in [1.807, 2.05) is 19.0 Å². The summed E-state index contributed by atoms with van der Waals surface area (Å²) < 4.78 is 5.33. The fourth-order valence-electron chi connectivity index (χ4n) is 1.61. The summed E-state index contributed by atoms with van der Waals surface area (Å²) in [4.78, 5) is 9.82. The monoisotopic (exact) mass is 286 g/mol. The van der Waals surface area contributed by atoms with Gasteiger partial charge in [-0.1, -0.05) is 11.3 Å². The van der Waals surface area contributed by atoms with Crippen molar-refractivity contribution in [3.63, 3.8) is 0 Å². The average molecular weight is 286 g/mol. The largest absolute Gasteiger partial charge is 0.480 e. The van der Waals surface area contributed by atoms with Crippen molar-refractivity contribution < 1.29 is 4.74 Å². The average Bonchev–Trinajstić information content (AvgIpc) is 2.77. The lowest BCUT2D eigenvalue weighted by Gasteiger charge is -2.16. The molecule has 0 aromatic carbocycles. The topological polar surface area (TPSA) is 40.6 Å². The van der Waals surface area contributed by atoms with Crippen molar-refractivity contribution >= 4 is 16.5 Å². The summed E-state index contributed by atoms with van der Waals surface area (Å²) in [5.41, 5.74) is 0. The van der Waals surface area contributed by atoms with E-state index in [0.29, 0.717) is 6.04 Å². The molecule has 0 amide bonds. The molecule has 1 N–H and O–H groups in total. The highest BCUT2D eigenvalue weighted by Crippen LogP contribution is 2.30. The Hall–Kier alpha value is -0.850. The molecule has 0 saturated carbocycles. The van der Waals surface area contributed by atoms with Crippen LogP contribution in [0, 0.1) is 0 Å². The molecule has 1 atom stereocenters. The molecule has 0 fully saturated rings. The number of nitrogens with one attached hydrogen (secondary N) is 1. The van der Waals surface area contributed by atoms with Crippen LogP contribution in [-0.4, -0.2) is 57.8 Å². The first-order valence-electron chi connectivity index (χ1n) is 6.53. The Labute approximate surface area is 120 Å². The number of aromatic nitrogens is 1. The van der Waals surface area contributed by atoms with Crippen molar-refractivity contribution in [2.75, 3.05) is 46.7 Å². The molecule has 5 nitrogen and oxygen atoms in total. The molecule has 0 saturated heterocycles. The van der Waals surface area contributed by atoms with Gasteiger partial charge in [0.05, 0.1) is 12.0 Å². The Morgan fingerprint density at radius 2 is 2.00 bits per heavy atom. The predicted octanol–water partition coefficient (Wildman–Crippen LogP) is 1.65. The maximum Gasteiger partial charge on any atom is 0.230 e. The Kier molecular flexibility index (Phi) is 6.54. The van der Waals surface area contributed by atoms with Crippen molar-refractivity contribution in [1.82, 2.24) is 15.2 Å². The molecule has 1 unspecified atom stereocenters. The van der Waals surface area contributed by atoms with E-state index in [0.717, 1.165) is 35.4 Å². The van der Waals surface area contributed by atoms with Crippen LogP contribution in [0.4, 0.5) is 5.13 Å². The SMILES string of the molecule is COc1nc(N(C)C)sc1CNC(C)CCN(C)C. The van der Waals surface area contributed by atoms with Crippen LogP contribution in [0.3, 0.4) is 0 Å². The molecule has 1 aromatic heterocycles. The summed E-state index contributed by atoms with van der Waals surface area (Å²) >= 11 is 1.68. The van der Waals surface area contributed by atoms with Gasteiger partial charge in [-0.05, 0) is 34.0 Å². The second kappa shape index (κ2) is 7.67. The maximum atomic E-state index is 5.33. The van der Waals surface area contributed by atoms with E-state index in [9.17, 15) is 0 Å². The van der Waals surface area contributed by atoms with Crippen LogP contribution in [0.2, 0.25) is 0 Å².